The average molecular weight is 396 g/mol. The van der Waals surface area contributed by atoms with Crippen LogP contribution >= 0.6 is 0 Å². The Kier molecular flexibility index (Phi) is 6.57. The summed E-state index contributed by atoms with van der Waals surface area (Å²) in [5.41, 5.74) is 1.76. The second-order valence-electron chi connectivity index (χ2n) is 6.09. The molecule has 0 radical (unpaired) electrons. The van der Waals surface area contributed by atoms with Gasteiger partial charge in [0.05, 0.1) is 14.2 Å². The molecular formula is C21H21FN4O3. The van der Waals surface area contributed by atoms with E-state index in [0.29, 0.717) is 36.1 Å². The fraction of sp³-hybridized carbons (Fsp3) is 0.190. The van der Waals surface area contributed by atoms with E-state index >= 15 is 0 Å². The van der Waals surface area contributed by atoms with Crippen LogP contribution < -0.4 is 20.1 Å². The number of ether oxygens (including phenoxy) is 2. The molecule has 1 amide bonds. The van der Waals surface area contributed by atoms with Crippen molar-refractivity contribution in [3.8, 4) is 11.5 Å². The third-order valence-corrected chi connectivity index (χ3v) is 4.14. The molecule has 3 aromatic rings. The smallest absolute Gasteiger partial charge is 0.274 e. The molecular weight excluding hydrogens is 375 g/mol. The molecule has 2 aromatic carbocycles. The lowest BCUT2D eigenvalue weighted by atomic mass is 10.1. The Morgan fingerprint density at radius 1 is 1.03 bits per heavy atom. The molecule has 7 nitrogen and oxygen atoms in total. The monoisotopic (exact) mass is 396 g/mol. The Labute approximate surface area is 167 Å². The van der Waals surface area contributed by atoms with Crippen molar-refractivity contribution in [3.63, 3.8) is 0 Å². The van der Waals surface area contributed by atoms with Gasteiger partial charge in [-0.2, -0.15) is 0 Å². The standard InChI is InChI=1S/C21H21FN4O3/c1-28-18-8-7-16(13-19(18)29-2)25-20(27)17-10-12-24-21(26-17)23-11-9-14-3-5-15(22)6-4-14/h3-8,10,12-13H,9,11H2,1-2H3,(H,25,27)(H,23,24,26). The van der Waals surface area contributed by atoms with E-state index in [9.17, 15) is 9.18 Å². The van der Waals surface area contributed by atoms with Gasteiger partial charge in [-0.3, -0.25) is 4.79 Å². The molecule has 0 bridgehead atoms. The molecule has 1 heterocycles. The average Bonchev–Trinajstić information content (AvgIpc) is 2.75. The van der Waals surface area contributed by atoms with E-state index in [-0.39, 0.29) is 17.4 Å². The van der Waals surface area contributed by atoms with Gasteiger partial charge in [0, 0.05) is 24.5 Å². The van der Waals surface area contributed by atoms with Gasteiger partial charge in [0.15, 0.2) is 11.5 Å². The van der Waals surface area contributed by atoms with Gasteiger partial charge in [0.25, 0.3) is 5.91 Å². The van der Waals surface area contributed by atoms with Crippen molar-refractivity contribution in [2.45, 2.75) is 6.42 Å². The summed E-state index contributed by atoms with van der Waals surface area (Å²) in [5, 5.41) is 5.84. The van der Waals surface area contributed by atoms with Crippen molar-refractivity contribution in [1.29, 1.82) is 0 Å². The Morgan fingerprint density at radius 3 is 2.52 bits per heavy atom. The number of amides is 1. The molecule has 0 aliphatic carbocycles. The van der Waals surface area contributed by atoms with Crippen molar-refractivity contribution in [2.75, 3.05) is 31.4 Å². The highest BCUT2D eigenvalue weighted by molar-refractivity contribution is 6.03. The zero-order valence-electron chi connectivity index (χ0n) is 16.1. The van der Waals surface area contributed by atoms with Crippen molar-refractivity contribution >= 4 is 17.5 Å². The number of halogens is 1. The minimum absolute atomic E-state index is 0.221. The quantitative estimate of drug-likeness (QED) is 0.606. The second kappa shape index (κ2) is 9.50. The molecule has 1 aromatic heterocycles. The van der Waals surface area contributed by atoms with E-state index in [1.54, 1.807) is 37.4 Å². The van der Waals surface area contributed by atoms with E-state index < -0.39 is 0 Å². The van der Waals surface area contributed by atoms with E-state index in [1.807, 2.05) is 0 Å². The predicted octanol–water partition coefficient (Wildman–Crippen LogP) is 3.54. The zero-order chi connectivity index (χ0) is 20.6. The first kappa shape index (κ1) is 20.1. The fourth-order valence-electron chi connectivity index (χ4n) is 2.65. The Balaban J connectivity index is 1.61. The summed E-state index contributed by atoms with van der Waals surface area (Å²) in [5.74, 6) is 0.780. The summed E-state index contributed by atoms with van der Waals surface area (Å²) in [4.78, 5) is 20.9. The molecule has 0 unspecified atom stereocenters. The molecule has 0 fully saturated rings. The summed E-state index contributed by atoms with van der Waals surface area (Å²) in [6.45, 7) is 0.548. The van der Waals surface area contributed by atoms with Crippen LogP contribution in [0.25, 0.3) is 0 Å². The molecule has 0 saturated carbocycles. The van der Waals surface area contributed by atoms with Crippen LogP contribution in [0.15, 0.2) is 54.7 Å². The fourth-order valence-corrected chi connectivity index (χ4v) is 2.65. The molecule has 150 valence electrons. The lowest BCUT2D eigenvalue weighted by molar-refractivity contribution is 0.102. The molecule has 0 aliphatic heterocycles. The highest BCUT2D eigenvalue weighted by Crippen LogP contribution is 2.29. The molecule has 8 heteroatoms. The molecule has 0 atom stereocenters. The lowest BCUT2D eigenvalue weighted by Gasteiger charge is -2.11. The maximum absolute atomic E-state index is 12.9. The highest BCUT2D eigenvalue weighted by Gasteiger charge is 2.11. The van der Waals surface area contributed by atoms with Crippen molar-refractivity contribution in [1.82, 2.24) is 9.97 Å². The molecule has 3 rings (SSSR count). The van der Waals surface area contributed by atoms with Crippen LogP contribution in [-0.4, -0.2) is 36.6 Å². The Hall–Kier alpha value is -3.68. The number of nitrogens with zero attached hydrogens (tertiary/aromatic N) is 2. The van der Waals surface area contributed by atoms with Crippen molar-refractivity contribution < 1.29 is 18.7 Å². The maximum Gasteiger partial charge on any atom is 0.274 e. The third-order valence-electron chi connectivity index (χ3n) is 4.14. The summed E-state index contributed by atoms with van der Waals surface area (Å²) in [7, 11) is 3.07. The van der Waals surface area contributed by atoms with Gasteiger partial charge in [-0.25, -0.2) is 14.4 Å². The van der Waals surface area contributed by atoms with Crippen LogP contribution in [0.3, 0.4) is 0 Å². The van der Waals surface area contributed by atoms with Crippen molar-refractivity contribution in [3.05, 3.63) is 71.8 Å². The van der Waals surface area contributed by atoms with Crippen LogP contribution in [0, 0.1) is 5.82 Å². The lowest BCUT2D eigenvalue weighted by Crippen LogP contribution is -2.16. The van der Waals surface area contributed by atoms with Crippen LogP contribution in [0.5, 0.6) is 11.5 Å². The maximum atomic E-state index is 12.9. The molecule has 0 saturated heterocycles. The number of methoxy groups -OCH3 is 2. The number of carbonyl (C=O) groups excluding carboxylic acids is 1. The predicted molar refractivity (Wildman–Crippen MR) is 108 cm³/mol. The normalized spacial score (nSPS) is 10.3. The number of aromatic nitrogens is 2. The van der Waals surface area contributed by atoms with Gasteiger partial charge >= 0.3 is 0 Å². The van der Waals surface area contributed by atoms with Gasteiger partial charge in [-0.15, -0.1) is 0 Å². The van der Waals surface area contributed by atoms with Gasteiger partial charge < -0.3 is 20.1 Å². The first-order valence-corrected chi connectivity index (χ1v) is 8.94. The third kappa shape index (κ3) is 5.41. The van der Waals surface area contributed by atoms with Crippen LogP contribution in [-0.2, 0) is 6.42 Å². The second-order valence-corrected chi connectivity index (χ2v) is 6.09. The minimum Gasteiger partial charge on any atom is -0.493 e. The molecule has 0 spiro atoms. The van der Waals surface area contributed by atoms with E-state index in [4.69, 9.17) is 9.47 Å². The van der Waals surface area contributed by atoms with E-state index in [1.165, 1.54) is 31.5 Å². The van der Waals surface area contributed by atoms with Crippen molar-refractivity contribution in [2.24, 2.45) is 0 Å². The Bertz CT molecular complexity index is 980. The van der Waals surface area contributed by atoms with Gasteiger partial charge in [-0.1, -0.05) is 12.1 Å². The van der Waals surface area contributed by atoms with Gasteiger partial charge in [-0.05, 0) is 42.3 Å². The van der Waals surface area contributed by atoms with Crippen LogP contribution in [0.2, 0.25) is 0 Å². The topological polar surface area (TPSA) is 85.4 Å². The van der Waals surface area contributed by atoms with Crippen LogP contribution in [0.1, 0.15) is 16.1 Å². The summed E-state index contributed by atoms with van der Waals surface area (Å²) in [6, 6.07) is 12.9. The summed E-state index contributed by atoms with van der Waals surface area (Å²) in [6.07, 6.45) is 2.18. The number of anilines is 2. The number of hydrogen-bond acceptors (Lipinski definition) is 6. The first-order valence-electron chi connectivity index (χ1n) is 8.94. The zero-order valence-corrected chi connectivity index (χ0v) is 16.1. The minimum atomic E-state index is -0.374. The summed E-state index contributed by atoms with van der Waals surface area (Å²) >= 11 is 0. The molecule has 0 aliphatic rings. The molecule has 29 heavy (non-hydrogen) atoms. The molecule has 2 N–H and O–H groups in total. The number of benzene rings is 2. The van der Waals surface area contributed by atoms with E-state index in [0.717, 1.165) is 5.56 Å². The number of nitrogens with one attached hydrogen (secondary N) is 2. The summed E-state index contributed by atoms with van der Waals surface area (Å²) < 4.78 is 23.4. The van der Waals surface area contributed by atoms with Gasteiger partial charge in [0.1, 0.15) is 11.5 Å². The van der Waals surface area contributed by atoms with E-state index in [2.05, 4.69) is 20.6 Å². The highest BCUT2D eigenvalue weighted by atomic mass is 19.1. The number of carbonyl (C=O) groups is 1. The van der Waals surface area contributed by atoms with Gasteiger partial charge in [0.2, 0.25) is 5.95 Å². The first-order chi connectivity index (χ1) is 14.1. The number of rotatable bonds is 8. The largest absolute Gasteiger partial charge is 0.493 e. The SMILES string of the molecule is COc1ccc(NC(=O)c2ccnc(NCCc3ccc(F)cc3)n2)cc1OC. The Morgan fingerprint density at radius 2 is 1.79 bits per heavy atom. The van der Waals surface area contributed by atoms with Crippen LogP contribution in [0.4, 0.5) is 16.0 Å². The number of hydrogen-bond donors (Lipinski definition) is 2.